The first kappa shape index (κ1) is 21.8. The van der Waals surface area contributed by atoms with Crippen LogP contribution in [0.15, 0.2) is 41.4 Å². The Morgan fingerprint density at radius 1 is 1.15 bits per heavy atom. The molecule has 1 aromatic carbocycles. The molecule has 178 valence electrons. The van der Waals surface area contributed by atoms with E-state index in [2.05, 4.69) is 15.3 Å². The summed E-state index contributed by atoms with van der Waals surface area (Å²) in [6.07, 6.45) is 6.97. The van der Waals surface area contributed by atoms with Crippen molar-refractivity contribution in [1.82, 2.24) is 19.5 Å². The maximum absolute atomic E-state index is 9.72. The summed E-state index contributed by atoms with van der Waals surface area (Å²) in [4.78, 5) is 15.8. The zero-order valence-corrected chi connectivity index (χ0v) is 19.2. The van der Waals surface area contributed by atoms with Crippen molar-refractivity contribution in [3.63, 3.8) is 0 Å². The number of imidazole rings is 1. The van der Waals surface area contributed by atoms with E-state index in [1.54, 1.807) is 40.0 Å². The predicted molar refractivity (Wildman–Crippen MR) is 126 cm³/mol. The number of rotatable bonds is 8. The van der Waals surface area contributed by atoms with Crippen LogP contribution in [0, 0.1) is 0 Å². The van der Waals surface area contributed by atoms with E-state index >= 15 is 0 Å². The minimum Gasteiger partial charge on any atom is -0.493 e. The van der Waals surface area contributed by atoms with Crippen molar-refractivity contribution in [1.29, 1.82) is 0 Å². The van der Waals surface area contributed by atoms with Gasteiger partial charge in [0.15, 0.2) is 22.9 Å². The second-order valence-corrected chi connectivity index (χ2v) is 7.85. The highest BCUT2D eigenvalue weighted by molar-refractivity contribution is 5.86. The van der Waals surface area contributed by atoms with Crippen LogP contribution in [0.3, 0.4) is 0 Å². The van der Waals surface area contributed by atoms with Crippen LogP contribution in [-0.4, -0.2) is 65.1 Å². The molecule has 1 aliphatic rings. The zero-order valence-electron chi connectivity index (χ0n) is 19.2. The van der Waals surface area contributed by atoms with E-state index in [9.17, 15) is 5.11 Å². The van der Waals surface area contributed by atoms with Gasteiger partial charge >= 0.3 is 0 Å². The Morgan fingerprint density at radius 2 is 1.94 bits per heavy atom. The summed E-state index contributed by atoms with van der Waals surface area (Å²) in [5.74, 6) is 3.23. The number of aliphatic hydroxyl groups excluding tert-OH is 1. The van der Waals surface area contributed by atoms with Crippen molar-refractivity contribution in [2.24, 2.45) is 0 Å². The van der Waals surface area contributed by atoms with Gasteiger partial charge in [0.2, 0.25) is 11.7 Å². The zero-order chi connectivity index (χ0) is 23.7. The lowest BCUT2D eigenvalue weighted by Crippen LogP contribution is -2.33. The first-order chi connectivity index (χ1) is 16.6. The van der Waals surface area contributed by atoms with Crippen LogP contribution < -0.4 is 24.4 Å². The topological polar surface area (TPSA) is 120 Å². The molecule has 0 aliphatic carbocycles. The van der Waals surface area contributed by atoms with Gasteiger partial charge in [0.05, 0.1) is 52.1 Å². The van der Waals surface area contributed by atoms with E-state index in [0.29, 0.717) is 45.9 Å². The first-order valence-corrected chi connectivity index (χ1v) is 10.9. The Kier molecular flexibility index (Phi) is 5.84. The smallest absolute Gasteiger partial charge is 0.228 e. The molecule has 11 nitrogen and oxygen atoms in total. The largest absolute Gasteiger partial charge is 0.493 e. The number of ether oxygens (including phenoxy) is 3. The molecule has 1 fully saturated rings. The molecule has 4 aromatic rings. The van der Waals surface area contributed by atoms with Crippen LogP contribution in [0.5, 0.6) is 17.2 Å². The Hall–Kier alpha value is -3.99. The van der Waals surface area contributed by atoms with Gasteiger partial charge in [-0.25, -0.2) is 9.97 Å². The van der Waals surface area contributed by atoms with Crippen molar-refractivity contribution in [3.05, 3.63) is 37.0 Å². The third-order valence-corrected chi connectivity index (χ3v) is 5.91. The van der Waals surface area contributed by atoms with Crippen LogP contribution in [0.2, 0.25) is 0 Å². The van der Waals surface area contributed by atoms with Crippen LogP contribution in [0.4, 0.5) is 17.6 Å². The van der Waals surface area contributed by atoms with Gasteiger partial charge in [-0.3, -0.25) is 0 Å². The molecule has 0 radical (unpaired) electrons. The minimum absolute atomic E-state index is 0.0106. The van der Waals surface area contributed by atoms with Crippen molar-refractivity contribution in [2.75, 3.05) is 44.7 Å². The highest BCUT2D eigenvalue weighted by atomic mass is 16.5. The van der Waals surface area contributed by atoms with Gasteiger partial charge in [-0.15, -0.1) is 0 Å². The van der Waals surface area contributed by atoms with Gasteiger partial charge in [-0.1, -0.05) is 0 Å². The molecule has 4 heterocycles. The number of aliphatic hydroxyl groups is 1. The molecule has 5 rings (SSSR count). The normalized spacial score (nSPS) is 15.6. The molecule has 3 aromatic heterocycles. The third kappa shape index (κ3) is 3.83. The molecule has 1 aliphatic heterocycles. The molecule has 2 N–H and O–H groups in total. The number of furan rings is 1. The molecule has 0 saturated carbocycles. The summed E-state index contributed by atoms with van der Waals surface area (Å²) in [6, 6.07) is 5.48. The molecule has 0 amide bonds. The Bertz CT molecular complexity index is 1280. The molecule has 1 atom stereocenters. The van der Waals surface area contributed by atoms with Crippen LogP contribution in [0.1, 0.15) is 12.8 Å². The highest BCUT2D eigenvalue weighted by Crippen LogP contribution is 2.39. The predicted octanol–water partition coefficient (Wildman–Crippen LogP) is 3.14. The lowest BCUT2D eigenvalue weighted by molar-refractivity contribution is 0.265. The number of nitrogens with zero attached hydrogens (tertiary/aromatic N) is 5. The average molecular weight is 466 g/mol. The van der Waals surface area contributed by atoms with Gasteiger partial charge in [-0.05, 0) is 12.8 Å². The fourth-order valence-electron chi connectivity index (χ4n) is 4.22. The Morgan fingerprint density at radius 3 is 2.65 bits per heavy atom. The Labute approximate surface area is 195 Å². The van der Waals surface area contributed by atoms with Crippen LogP contribution >= 0.6 is 0 Å². The second kappa shape index (κ2) is 9.10. The standard InChI is InChI=1S/C23H26N6O5/c1-31-17-9-15(10-18(32-2)21(17)33-3)28-11-19(24-13-28)26-22-20-16(6-8-34-20)25-23(27-22)29-7-4-5-14(29)12-30/h6,8-11,13-14,30H,4-5,7,12H2,1-3H3,(H,25,26,27)/t14-/m1/s1. The minimum atomic E-state index is 0.0106. The van der Waals surface area contributed by atoms with Crippen molar-refractivity contribution < 1.29 is 23.7 Å². The molecule has 34 heavy (non-hydrogen) atoms. The molecule has 0 spiro atoms. The van der Waals surface area contributed by atoms with Gasteiger partial charge in [0.1, 0.15) is 17.7 Å². The average Bonchev–Trinajstić information content (AvgIpc) is 3.63. The SMILES string of the molecule is COc1cc(-n2cnc(Nc3nc(N4CCC[C@@H]4CO)nc4ccoc34)c2)cc(OC)c1OC. The molecular weight excluding hydrogens is 440 g/mol. The monoisotopic (exact) mass is 466 g/mol. The van der Waals surface area contributed by atoms with Crippen molar-refractivity contribution in [2.45, 2.75) is 18.9 Å². The van der Waals surface area contributed by atoms with E-state index in [-0.39, 0.29) is 12.6 Å². The maximum atomic E-state index is 9.72. The first-order valence-electron chi connectivity index (χ1n) is 10.9. The molecule has 0 bridgehead atoms. The summed E-state index contributed by atoms with van der Waals surface area (Å²) in [6.45, 7) is 0.860. The van der Waals surface area contributed by atoms with E-state index in [4.69, 9.17) is 23.6 Å². The fourth-order valence-corrected chi connectivity index (χ4v) is 4.22. The summed E-state index contributed by atoms with van der Waals surface area (Å²) >= 11 is 0. The van der Waals surface area contributed by atoms with Gasteiger partial charge < -0.3 is 38.5 Å². The van der Waals surface area contributed by atoms with Gasteiger partial charge in [0.25, 0.3) is 0 Å². The summed E-state index contributed by atoms with van der Waals surface area (Å²) in [5, 5.41) is 13.0. The lowest BCUT2D eigenvalue weighted by Gasteiger charge is -2.23. The second-order valence-electron chi connectivity index (χ2n) is 7.85. The maximum Gasteiger partial charge on any atom is 0.228 e. The van der Waals surface area contributed by atoms with Gasteiger partial charge in [-0.2, -0.15) is 4.98 Å². The number of anilines is 3. The molecule has 11 heteroatoms. The summed E-state index contributed by atoms with van der Waals surface area (Å²) in [5.41, 5.74) is 2.00. The Balaban J connectivity index is 1.47. The third-order valence-electron chi connectivity index (χ3n) is 5.91. The number of methoxy groups -OCH3 is 3. The number of benzene rings is 1. The van der Waals surface area contributed by atoms with E-state index in [1.807, 2.05) is 27.8 Å². The molecule has 0 unspecified atom stereocenters. The fraction of sp³-hybridized carbons (Fsp3) is 0.348. The van der Waals surface area contributed by atoms with Gasteiger partial charge in [0, 0.05) is 24.7 Å². The quantitative estimate of drug-likeness (QED) is 0.401. The molecule has 1 saturated heterocycles. The number of hydrogen-bond acceptors (Lipinski definition) is 10. The van der Waals surface area contributed by atoms with E-state index < -0.39 is 0 Å². The van der Waals surface area contributed by atoms with E-state index in [0.717, 1.165) is 25.1 Å². The lowest BCUT2D eigenvalue weighted by atomic mass is 10.2. The number of hydrogen-bond donors (Lipinski definition) is 2. The summed E-state index contributed by atoms with van der Waals surface area (Å²) < 4.78 is 23.8. The molecular formula is C23H26N6O5. The number of fused-ring (bicyclic) bond motifs is 1. The number of nitrogens with one attached hydrogen (secondary N) is 1. The van der Waals surface area contributed by atoms with E-state index in [1.165, 1.54) is 0 Å². The summed E-state index contributed by atoms with van der Waals surface area (Å²) in [7, 11) is 4.71. The van der Waals surface area contributed by atoms with Crippen LogP contribution in [0.25, 0.3) is 16.8 Å². The number of aromatic nitrogens is 4. The van der Waals surface area contributed by atoms with Crippen LogP contribution in [-0.2, 0) is 0 Å². The van der Waals surface area contributed by atoms with Crippen molar-refractivity contribution >= 4 is 28.7 Å². The van der Waals surface area contributed by atoms with Crippen molar-refractivity contribution in [3.8, 4) is 22.9 Å². The highest BCUT2D eigenvalue weighted by Gasteiger charge is 2.27.